The highest BCUT2D eigenvalue weighted by molar-refractivity contribution is 5.91. The van der Waals surface area contributed by atoms with Crippen LogP contribution in [0.15, 0.2) is 61.2 Å². The van der Waals surface area contributed by atoms with Crippen LogP contribution >= 0.6 is 0 Å². The lowest BCUT2D eigenvalue weighted by Crippen LogP contribution is -2.21. The fourth-order valence-corrected chi connectivity index (χ4v) is 2.83. The first kappa shape index (κ1) is 25.6. The molecule has 0 aliphatic rings. The Balaban J connectivity index is 1.60. The van der Waals surface area contributed by atoms with Crippen LogP contribution < -0.4 is 9.47 Å². The van der Waals surface area contributed by atoms with E-state index < -0.39 is 18.0 Å². The molecule has 7 nitrogen and oxygen atoms in total. The van der Waals surface area contributed by atoms with Crippen molar-refractivity contribution in [3.8, 4) is 11.5 Å². The van der Waals surface area contributed by atoms with Gasteiger partial charge in [0.05, 0.1) is 12.2 Å². The zero-order chi connectivity index (χ0) is 24.1. The Morgan fingerprint density at radius 1 is 1.00 bits per heavy atom. The lowest BCUT2D eigenvalue weighted by atomic mass is 10.2. The third-order valence-corrected chi connectivity index (χ3v) is 4.64. The number of esters is 3. The first-order valence-corrected chi connectivity index (χ1v) is 10.9. The standard InChI is InChI=1S/C26H30O7/c1-4-24(27)31-18-20(3)32-25(28)12-6-5-9-17-30-22-15-13-21(14-16-22)26(29)33-23-11-8-7-10-19(23)2/h4,7-8,10-11,13-16,20H,1,5-6,9,12,17-18H2,2-3H3. The average Bonchev–Trinajstić information content (AvgIpc) is 2.81. The Kier molecular flexibility index (Phi) is 10.7. The topological polar surface area (TPSA) is 88.1 Å². The summed E-state index contributed by atoms with van der Waals surface area (Å²) in [5.41, 5.74) is 1.33. The first-order valence-electron chi connectivity index (χ1n) is 10.9. The minimum atomic E-state index is -0.547. The number of hydrogen-bond acceptors (Lipinski definition) is 7. The minimum Gasteiger partial charge on any atom is -0.494 e. The molecule has 0 aliphatic heterocycles. The molecule has 0 saturated heterocycles. The van der Waals surface area contributed by atoms with Crippen molar-refractivity contribution in [1.29, 1.82) is 0 Å². The van der Waals surface area contributed by atoms with Crippen molar-refractivity contribution in [2.45, 2.75) is 45.6 Å². The minimum absolute atomic E-state index is 0.00679. The van der Waals surface area contributed by atoms with Crippen molar-refractivity contribution in [3.05, 3.63) is 72.3 Å². The molecular weight excluding hydrogens is 424 g/mol. The second-order valence-corrected chi connectivity index (χ2v) is 7.47. The highest BCUT2D eigenvalue weighted by Crippen LogP contribution is 2.19. The molecule has 2 aromatic carbocycles. The van der Waals surface area contributed by atoms with E-state index in [4.69, 9.17) is 18.9 Å². The van der Waals surface area contributed by atoms with Gasteiger partial charge in [0.25, 0.3) is 0 Å². The van der Waals surface area contributed by atoms with Crippen molar-refractivity contribution >= 4 is 17.9 Å². The molecule has 1 unspecified atom stereocenters. The molecule has 0 fully saturated rings. The van der Waals surface area contributed by atoms with Crippen LogP contribution in [0.5, 0.6) is 11.5 Å². The number of para-hydroxylation sites is 1. The van der Waals surface area contributed by atoms with Gasteiger partial charge in [-0.2, -0.15) is 0 Å². The van der Waals surface area contributed by atoms with E-state index in [2.05, 4.69) is 6.58 Å². The lowest BCUT2D eigenvalue weighted by Gasteiger charge is -2.13. The van der Waals surface area contributed by atoms with Crippen LogP contribution in [0.2, 0.25) is 0 Å². The second kappa shape index (κ2) is 13.7. The maximum atomic E-state index is 12.3. The maximum absolute atomic E-state index is 12.3. The summed E-state index contributed by atoms with van der Waals surface area (Å²) in [6.45, 7) is 7.35. The van der Waals surface area contributed by atoms with Gasteiger partial charge in [0.15, 0.2) is 0 Å². The molecule has 0 saturated carbocycles. The van der Waals surface area contributed by atoms with Gasteiger partial charge in [0.2, 0.25) is 0 Å². The Labute approximate surface area is 194 Å². The van der Waals surface area contributed by atoms with Crippen LogP contribution in [-0.4, -0.2) is 37.2 Å². The average molecular weight is 455 g/mol. The molecule has 2 rings (SSSR count). The van der Waals surface area contributed by atoms with Gasteiger partial charge in [0.1, 0.15) is 24.2 Å². The highest BCUT2D eigenvalue weighted by Gasteiger charge is 2.12. The summed E-state index contributed by atoms with van der Waals surface area (Å²) >= 11 is 0. The number of hydrogen-bond donors (Lipinski definition) is 0. The van der Waals surface area contributed by atoms with E-state index in [-0.39, 0.29) is 19.0 Å². The van der Waals surface area contributed by atoms with Gasteiger partial charge in [0, 0.05) is 12.5 Å². The summed E-state index contributed by atoms with van der Waals surface area (Å²) in [5, 5.41) is 0. The predicted molar refractivity (Wildman–Crippen MR) is 123 cm³/mol. The van der Waals surface area contributed by atoms with E-state index in [1.54, 1.807) is 37.3 Å². The summed E-state index contributed by atoms with van der Waals surface area (Å²) in [6.07, 6.45) is 3.10. The van der Waals surface area contributed by atoms with Gasteiger partial charge in [-0.15, -0.1) is 0 Å². The number of aryl methyl sites for hydroxylation is 1. The molecular formula is C26H30O7. The Bertz CT molecular complexity index is 934. The summed E-state index contributed by atoms with van der Waals surface area (Å²) in [7, 11) is 0. The van der Waals surface area contributed by atoms with Crippen molar-refractivity contribution in [2.75, 3.05) is 13.2 Å². The van der Waals surface area contributed by atoms with Crippen LogP contribution in [0.4, 0.5) is 0 Å². The summed E-state index contributed by atoms with van der Waals surface area (Å²) in [5.74, 6) is -0.0982. The molecule has 0 bridgehead atoms. The van der Waals surface area contributed by atoms with Gasteiger partial charge in [-0.25, -0.2) is 9.59 Å². The zero-order valence-corrected chi connectivity index (χ0v) is 19.1. The second-order valence-electron chi connectivity index (χ2n) is 7.47. The van der Waals surface area contributed by atoms with E-state index in [0.29, 0.717) is 30.1 Å². The van der Waals surface area contributed by atoms with Crippen LogP contribution in [-0.2, 0) is 19.1 Å². The van der Waals surface area contributed by atoms with Crippen LogP contribution in [0.3, 0.4) is 0 Å². The number of unbranched alkanes of at least 4 members (excludes halogenated alkanes) is 2. The van der Waals surface area contributed by atoms with Crippen molar-refractivity contribution in [2.24, 2.45) is 0 Å². The van der Waals surface area contributed by atoms with Crippen LogP contribution in [0, 0.1) is 6.92 Å². The van der Waals surface area contributed by atoms with Gasteiger partial charge in [-0.3, -0.25) is 4.79 Å². The van der Waals surface area contributed by atoms with E-state index in [9.17, 15) is 14.4 Å². The normalized spacial score (nSPS) is 11.2. The molecule has 0 radical (unpaired) electrons. The van der Waals surface area contributed by atoms with E-state index in [1.807, 2.05) is 25.1 Å². The monoisotopic (exact) mass is 454 g/mol. The lowest BCUT2D eigenvalue weighted by molar-refractivity contribution is -0.155. The molecule has 0 N–H and O–H groups in total. The van der Waals surface area contributed by atoms with E-state index in [0.717, 1.165) is 24.5 Å². The molecule has 2 aromatic rings. The largest absolute Gasteiger partial charge is 0.494 e. The Hall–Kier alpha value is -3.61. The molecule has 1 atom stereocenters. The van der Waals surface area contributed by atoms with Crippen molar-refractivity contribution in [1.82, 2.24) is 0 Å². The van der Waals surface area contributed by atoms with Gasteiger partial charge in [-0.05, 0) is 69.0 Å². The molecule has 0 heterocycles. The summed E-state index contributed by atoms with van der Waals surface area (Å²) in [4.78, 5) is 35.1. The fraction of sp³-hybridized carbons (Fsp3) is 0.346. The highest BCUT2D eigenvalue weighted by atomic mass is 16.6. The fourth-order valence-electron chi connectivity index (χ4n) is 2.83. The molecule has 0 amide bonds. The number of carbonyl (C=O) groups excluding carboxylic acids is 3. The van der Waals surface area contributed by atoms with E-state index in [1.165, 1.54) is 0 Å². The molecule has 0 spiro atoms. The van der Waals surface area contributed by atoms with E-state index >= 15 is 0 Å². The Morgan fingerprint density at radius 2 is 1.73 bits per heavy atom. The number of ether oxygens (including phenoxy) is 4. The summed E-state index contributed by atoms with van der Waals surface area (Å²) in [6, 6.07) is 14.1. The molecule has 0 aliphatic carbocycles. The SMILES string of the molecule is C=CC(=O)OCC(C)OC(=O)CCCCCOc1ccc(C(=O)Oc2ccccc2C)cc1. The maximum Gasteiger partial charge on any atom is 0.343 e. The predicted octanol–water partition coefficient (Wildman–Crippen LogP) is 4.81. The summed E-state index contributed by atoms with van der Waals surface area (Å²) < 4.78 is 21.1. The number of benzene rings is 2. The molecule has 0 aromatic heterocycles. The third kappa shape index (κ3) is 9.60. The van der Waals surface area contributed by atoms with Crippen molar-refractivity contribution < 1.29 is 33.3 Å². The number of rotatable bonds is 13. The van der Waals surface area contributed by atoms with Gasteiger partial charge < -0.3 is 18.9 Å². The first-order chi connectivity index (χ1) is 15.9. The third-order valence-electron chi connectivity index (χ3n) is 4.64. The zero-order valence-electron chi connectivity index (χ0n) is 19.1. The quantitative estimate of drug-likeness (QED) is 0.186. The van der Waals surface area contributed by atoms with Gasteiger partial charge in [-0.1, -0.05) is 24.8 Å². The van der Waals surface area contributed by atoms with Crippen LogP contribution in [0.1, 0.15) is 48.5 Å². The molecule has 176 valence electrons. The Morgan fingerprint density at radius 3 is 2.42 bits per heavy atom. The van der Waals surface area contributed by atoms with Crippen molar-refractivity contribution in [3.63, 3.8) is 0 Å². The number of carbonyl (C=O) groups is 3. The molecule has 33 heavy (non-hydrogen) atoms. The van der Waals surface area contributed by atoms with Gasteiger partial charge >= 0.3 is 17.9 Å². The molecule has 7 heteroatoms. The van der Waals surface area contributed by atoms with Crippen LogP contribution in [0.25, 0.3) is 0 Å². The smallest absolute Gasteiger partial charge is 0.343 e.